The van der Waals surface area contributed by atoms with E-state index in [1.54, 1.807) is 30.3 Å². The standard InChI is InChI=1S/C23H18FN3O5S/c1-2-6-13-9-10-14(23(29)30)19(24)17(13)16-11-15(12-7-4-3-5-8-12)20(25)18(22(26)28)21(16)33(27,31)32/h1,3-5,7-11H,6,25H2,(H2,26,28)(H,29,30)(H2,27,31,32). The van der Waals surface area contributed by atoms with Crippen molar-refractivity contribution in [3.8, 4) is 34.6 Å². The first-order valence-electron chi connectivity index (χ1n) is 9.32. The number of carbonyl (C=O) groups is 2. The van der Waals surface area contributed by atoms with E-state index in [0.29, 0.717) is 5.56 Å². The number of nitrogens with two attached hydrogens (primary N) is 3. The van der Waals surface area contributed by atoms with Gasteiger partial charge in [0.2, 0.25) is 10.0 Å². The molecule has 0 aliphatic carbocycles. The predicted molar refractivity (Wildman–Crippen MR) is 121 cm³/mol. The first-order chi connectivity index (χ1) is 15.5. The number of hydrogen-bond donors (Lipinski definition) is 4. The average molecular weight is 467 g/mol. The van der Waals surface area contributed by atoms with Crippen LogP contribution in [-0.4, -0.2) is 25.4 Å². The summed E-state index contributed by atoms with van der Waals surface area (Å²) in [7, 11) is -4.71. The number of carboxylic acid groups (broad SMARTS) is 1. The van der Waals surface area contributed by atoms with Crippen molar-refractivity contribution in [3.63, 3.8) is 0 Å². The summed E-state index contributed by atoms with van der Waals surface area (Å²) in [6.07, 6.45) is 5.20. The molecule has 0 spiro atoms. The average Bonchev–Trinajstić information content (AvgIpc) is 2.73. The summed E-state index contributed by atoms with van der Waals surface area (Å²) < 4.78 is 40.7. The summed E-state index contributed by atoms with van der Waals surface area (Å²) in [5, 5.41) is 14.8. The number of primary amides is 1. The topological polar surface area (TPSA) is 167 Å². The number of anilines is 1. The number of nitrogen functional groups attached to an aromatic ring is 1. The Bertz CT molecular complexity index is 1450. The molecule has 0 atom stereocenters. The molecule has 3 aromatic rings. The Morgan fingerprint density at radius 3 is 2.24 bits per heavy atom. The number of amides is 1. The van der Waals surface area contributed by atoms with Gasteiger partial charge in [0.15, 0.2) is 0 Å². The lowest BCUT2D eigenvalue weighted by atomic mass is 9.89. The maximum Gasteiger partial charge on any atom is 0.338 e. The molecule has 0 aliphatic rings. The van der Waals surface area contributed by atoms with Gasteiger partial charge in [-0.1, -0.05) is 36.4 Å². The first kappa shape index (κ1) is 23.5. The SMILES string of the molecule is C#CCc1ccc(C(=O)O)c(F)c1-c1cc(-c2ccccc2)c(N)c(C(N)=O)c1S(N)(=O)=O. The second-order valence-corrected chi connectivity index (χ2v) is 8.51. The third kappa shape index (κ3) is 4.27. The van der Waals surface area contributed by atoms with Gasteiger partial charge in [-0.05, 0) is 23.3 Å². The number of primary sulfonamides is 1. The van der Waals surface area contributed by atoms with E-state index in [2.05, 4.69) is 5.92 Å². The van der Waals surface area contributed by atoms with Gasteiger partial charge in [-0.25, -0.2) is 22.7 Å². The van der Waals surface area contributed by atoms with Crippen molar-refractivity contribution in [1.29, 1.82) is 0 Å². The molecule has 0 aliphatic heterocycles. The highest BCUT2D eigenvalue weighted by molar-refractivity contribution is 7.89. The molecule has 3 aromatic carbocycles. The molecule has 8 nitrogen and oxygen atoms in total. The lowest BCUT2D eigenvalue weighted by Crippen LogP contribution is -2.24. The van der Waals surface area contributed by atoms with Gasteiger partial charge in [-0.2, -0.15) is 0 Å². The van der Waals surface area contributed by atoms with Crippen LogP contribution in [0.25, 0.3) is 22.3 Å². The molecule has 0 bridgehead atoms. The van der Waals surface area contributed by atoms with Crippen LogP contribution in [0.15, 0.2) is 53.4 Å². The van der Waals surface area contributed by atoms with E-state index in [4.69, 9.17) is 23.0 Å². The Kier molecular flexibility index (Phi) is 6.21. The van der Waals surface area contributed by atoms with Crippen LogP contribution in [0, 0.1) is 18.2 Å². The maximum absolute atomic E-state index is 15.5. The van der Waals surface area contributed by atoms with E-state index in [0.717, 1.165) is 6.07 Å². The van der Waals surface area contributed by atoms with Crippen LogP contribution in [0.4, 0.5) is 10.1 Å². The number of aromatic carboxylic acids is 1. The number of carbonyl (C=O) groups excluding carboxylic acids is 1. The molecular weight excluding hydrogens is 449 g/mol. The smallest absolute Gasteiger partial charge is 0.338 e. The highest BCUT2D eigenvalue weighted by Crippen LogP contribution is 2.42. The Morgan fingerprint density at radius 1 is 1.09 bits per heavy atom. The normalized spacial score (nSPS) is 11.1. The van der Waals surface area contributed by atoms with Crippen molar-refractivity contribution >= 4 is 27.6 Å². The minimum atomic E-state index is -4.71. The largest absolute Gasteiger partial charge is 0.478 e. The van der Waals surface area contributed by atoms with Crippen LogP contribution >= 0.6 is 0 Å². The molecule has 0 heterocycles. The minimum absolute atomic E-state index is 0.101. The number of halogens is 1. The molecule has 168 valence electrons. The van der Waals surface area contributed by atoms with E-state index in [1.807, 2.05) is 0 Å². The monoisotopic (exact) mass is 467 g/mol. The molecule has 10 heteroatoms. The Morgan fingerprint density at radius 2 is 1.73 bits per heavy atom. The molecule has 0 saturated carbocycles. The number of hydrogen-bond acceptors (Lipinski definition) is 5. The zero-order chi connectivity index (χ0) is 24.5. The molecule has 0 unspecified atom stereocenters. The van der Waals surface area contributed by atoms with E-state index >= 15 is 4.39 Å². The number of rotatable bonds is 6. The summed E-state index contributed by atoms with van der Waals surface area (Å²) in [5.74, 6) is -1.75. The molecule has 0 radical (unpaired) electrons. The number of benzene rings is 3. The van der Waals surface area contributed by atoms with Gasteiger partial charge in [-0.3, -0.25) is 4.79 Å². The van der Waals surface area contributed by atoms with Crippen molar-refractivity contribution in [1.82, 2.24) is 0 Å². The number of sulfonamides is 1. The van der Waals surface area contributed by atoms with E-state index < -0.39 is 49.3 Å². The first-order valence-corrected chi connectivity index (χ1v) is 10.9. The zero-order valence-corrected chi connectivity index (χ0v) is 17.8. The molecule has 0 aromatic heterocycles. The molecule has 33 heavy (non-hydrogen) atoms. The van der Waals surface area contributed by atoms with E-state index in [9.17, 15) is 23.1 Å². The van der Waals surface area contributed by atoms with Crippen molar-refractivity contribution in [2.24, 2.45) is 10.9 Å². The summed E-state index contributed by atoms with van der Waals surface area (Å²) >= 11 is 0. The molecular formula is C23H18FN3O5S. The van der Waals surface area contributed by atoms with Gasteiger partial charge < -0.3 is 16.6 Å². The molecule has 0 saturated heterocycles. The lowest BCUT2D eigenvalue weighted by molar-refractivity contribution is 0.0691. The minimum Gasteiger partial charge on any atom is -0.478 e. The maximum atomic E-state index is 15.5. The van der Waals surface area contributed by atoms with E-state index in [1.165, 1.54) is 12.1 Å². The fourth-order valence-electron chi connectivity index (χ4n) is 3.59. The summed E-state index contributed by atoms with van der Waals surface area (Å²) in [6, 6.07) is 11.8. The molecule has 7 N–H and O–H groups in total. The quantitative estimate of drug-likeness (QED) is 0.321. The second-order valence-electron chi connectivity index (χ2n) is 7.01. The Balaban J connectivity index is 2.63. The fourth-order valence-corrected chi connectivity index (χ4v) is 4.55. The highest BCUT2D eigenvalue weighted by Gasteiger charge is 2.31. The number of carboxylic acids is 1. The summed E-state index contributed by atoms with van der Waals surface area (Å²) in [4.78, 5) is 23.1. The van der Waals surface area contributed by atoms with Crippen molar-refractivity contribution in [2.75, 3.05) is 5.73 Å². The third-order valence-electron chi connectivity index (χ3n) is 4.96. The van der Waals surface area contributed by atoms with Crippen LogP contribution in [0.3, 0.4) is 0 Å². The fraction of sp³-hybridized carbons (Fsp3) is 0.0435. The van der Waals surface area contributed by atoms with Crippen LogP contribution in [0.5, 0.6) is 0 Å². The van der Waals surface area contributed by atoms with Crippen LogP contribution in [0.2, 0.25) is 0 Å². The van der Waals surface area contributed by atoms with Crippen LogP contribution in [0.1, 0.15) is 26.3 Å². The van der Waals surface area contributed by atoms with Crippen LogP contribution in [-0.2, 0) is 16.4 Å². The summed E-state index contributed by atoms with van der Waals surface area (Å²) in [6.45, 7) is 0. The number of terminal acetylenes is 1. The molecule has 1 amide bonds. The molecule has 0 fully saturated rings. The predicted octanol–water partition coefficient (Wildman–Crippen LogP) is 2.36. The van der Waals surface area contributed by atoms with Gasteiger partial charge >= 0.3 is 5.97 Å². The highest BCUT2D eigenvalue weighted by atomic mass is 32.2. The van der Waals surface area contributed by atoms with Gasteiger partial charge in [-0.15, -0.1) is 12.3 Å². The van der Waals surface area contributed by atoms with Crippen LogP contribution < -0.4 is 16.6 Å². The second kappa shape index (κ2) is 8.74. The van der Waals surface area contributed by atoms with Crippen molar-refractivity contribution in [2.45, 2.75) is 11.3 Å². The van der Waals surface area contributed by atoms with Gasteiger partial charge in [0.1, 0.15) is 10.7 Å². The Labute approximate surface area is 188 Å². The van der Waals surface area contributed by atoms with Crippen molar-refractivity contribution in [3.05, 3.63) is 71.0 Å². The van der Waals surface area contributed by atoms with Gasteiger partial charge in [0.05, 0.1) is 16.8 Å². The third-order valence-corrected chi connectivity index (χ3v) is 5.95. The van der Waals surface area contributed by atoms with Gasteiger partial charge in [0.25, 0.3) is 5.91 Å². The van der Waals surface area contributed by atoms with Gasteiger partial charge in [0, 0.05) is 23.1 Å². The Hall–Kier alpha value is -4.20. The van der Waals surface area contributed by atoms with E-state index in [-0.39, 0.29) is 28.8 Å². The van der Waals surface area contributed by atoms with Crippen molar-refractivity contribution < 1.29 is 27.5 Å². The molecule has 3 rings (SSSR count). The zero-order valence-electron chi connectivity index (χ0n) is 17.0. The lowest BCUT2D eigenvalue weighted by Gasteiger charge is -2.20. The summed E-state index contributed by atoms with van der Waals surface area (Å²) in [5.41, 5.74) is 9.85.